The summed E-state index contributed by atoms with van der Waals surface area (Å²) in [5.74, 6) is -1.60. The Kier molecular flexibility index (Phi) is 5.69. The van der Waals surface area contributed by atoms with Gasteiger partial charge in [-0.2, -0.15) is 13.2 Å². The predicted molar refractivity (Wildman–Crippen MR) is 109 cm³/mol. The molecule has 12 heteroatoms. The molecule has 0 saturated heterocycles. The van der Waals surface area contributed by atoms with E-state index in [1.807, 2.05) is 0 Å². The molecule has 0 aliphatic rings. The maximum atomic E-state index is 13.2. The number of amides is 2. The average Bonchev–Trinajstić information content (AvgIpc) is 3.47. The molecular weight excluding hydrogens is 445 g/mol. The van der Waals surface area contributed by atoms with Gasteiger partial charge in [0.2, 0.25) is 5.82 Å². The van der Waals surface area contributed by atoms with Gasteiger partial charge in [0.25, 0.3) is 5.91 Å². The van der Waals surface area contributed by atoms with Crippen molar-refractivity contribution in [3.63, 3.8) is 0 Å². The zero-order chi connectivity index (χ0) is 22.7. The van der Waals surface area contributed by atoms with E-state index in [9.17, 15) is 22.8 Å². The van der Waals surface area contributed by atoms with Crippen molar-refractivity contribution in [2.45, 2.75) is 6.18 Å². The van der Waals surface area contributed by atoms with Crippen LogP contribution < -0.4 is 10.9 Å². The van der Waals surface area contributed by atoms with Crippen LogP contribution in [-0.2, 0) is 6.18 Å². The fourth-order valence-electron chi connectivity index (χ4n) is 2.71. The molecule has 2 amide bonds. The fraction of sp³-hybridized carbons (Fsp3) is 0.0500. The van der Waals surface area contributed by atoms with E-state index in [4.69, 9.17) is 0 Å². The molecule has 162 valence electrons. The molecule has 0 unspecified atom stereocenters. The summed E-state index contributed by atoms with van der Waals surface area (Å²) in [7, 11) is 0. The topological polar surface area (TPSA) is 102 Å². The summed E-state index contributed by atoms with van der Waals surface area (Å²) >= 11 is 1.28. The molecule has 0 atom stereocenters. The van der Waals surface area contributed by atoms with E-state index in [2.05, 4.69) is 25.9 Å². The highest BCUT2D eigenvalue weighted by molar-refractivity contribution is 7.13. The van der Waals surface area contributed by atoms with Crippen LogP contribution in [0.5, 0.6) is 0 Å². The van der Waals surface area contributed by atoms with Gasteiger partial charge in [0, 0.05) is 12.4 Å². The molecule has 0 radical (unpaired) electrons. The van der Waals surface area contributed by atoms with Gasteiger partial charge in [-0.3, -0.25) is 25.4 Å². The van der Waals surface area contributed by atoms with E-state index in [1.165, 1.54) is 41.9 Å². The maximum Gasteiger partial charge on any atom is 0.416 e. The monoisotopic (exact) mass is 458 g/mol. The van der Waals surface area contributed by atoms with Gasteiger partial charge in [0.15, 0.2) is 5.82 Å². The lowest BCUT2D eigenvalue weighted by Gasteiger charge is -2.09. The number of benzene rings is 1. The van der Waals surface area contributed by atoms with Gasteiger partial charge in [0.05, 0.1) is 21.7 Å². The number of hydrazine groups is 1. The quantitative estimate of drug-likeness (QED) is 0.456. The molecular formula is C20H13F3N6O2S. The number of nitrogens with zero attached hydrogens (tertiary/aromatic N) is 4. The van der Waals surface area contributed by atoms with E-state index < -0.39 is 23.6 Å². The summed E-state index contributed by atoms with van der Waals surface area (Å²) in [6, 6.07) is 11.0. The van der Waals surface area contributed by atoms with E-state index in [1.54, 1.807) is 23.6 Å². The van der Waals surface area contributed by atoms with E-state index in [0.717, 1.165) is 16.8 Å². The number of alkyl halides is 3. The first kappa shape index (κ1) is 21.2. The fourth-order valence-corrected chi connectivity index (χ4v) is 3.40. The maximum absolute atomic E-state index is 13.2. The van der Waals surface area contributed by atoms with Crippen molar-refractivity contribution in [1.82, 2.24) is 30.6 Å². The zero-order valence-corrected chi connectivity index (χ0v) is 16.8. The molecule has 8 nitrogen and oxygen atoms in total. The van der Waals surface area contributed by atoms with Crippen molar-refractivity contribution in [2.75, 3.05) is 0 Å². The molecule has 2 N–H and O–H groups in total. The molecule has 32 heavy (non-hydrogen) atoms. The molecule has 0 fully saturated rings. The molecule has 0 bridgehead atoms. The van der Waals surface area contributed by atoms with E-state index >= 15 is 0 Å². The Balaban J connectivity index is 1.63. The molecule has 3 heterocycles. The van der Waals surface area contributed by atoms with Crippen molar-refractivity contribution in [2.24, 2.45) is 0 Å². The molecule has 4 rings (SSSR count). The van der Waals surface area contributed by atoms with Crippen LogP contribution in [0.1, 0.15) is 26.5 Å². The van der Waals surface area contributed by atoms with Crippen molar-refractivity contribution >= 4 is 23.2 Å². The van der Waals surface area contributed by atoms with Gasteiger partial charge in [-0.05, 0) is 41.8 Å². The molecule has 3 aromatic heterocycles. The van der Waals surface area contributed by atoms with Crippen LogP contribution >= 0.6 is 11.3 Å². The minimum absolute atomic E-state index is 0.0779. The lowest BCUT2D eigenvalue weighted by atomic mass is 10.2. The first-order valence-electron chi connectivity index (χ1n) is 9.02. The summed E-state index contributed by atoms with van der Waals surface area (Å²) in [6.45, 7) is 0. The number of rotatable bonds is 4. The smallest absolute Gasteiger partial charge is 0.267 e. The number of hydrogen-bond donors (Lipinski definition) is 2. The third-order valence-corrected chi connectivity index (χ3v) is 5.05. The molecule has 4 aromatic rings. The number of halogens is 3. The van der Waals surface area contributed by atoms with Gasteiger partial charge < -0.3 is 0 Å². The first-order valence-corrected chi connectivity index (χ1v) is 9.90. The van der Waals surface area contributed by atoms with Crippen molar-refractivity contribution in [1.29, 1.82) is 0 Å². The predicted octanol–water partition coefficient (Wildman–Crippen LogP) is 3.48. The molecule has 0 aliphatic carbocycles. The Labute approximate surface area is 182 Å². The van der Waals surface area contributed by atoms with Crippen molar-refractivity contribution in [3.05, 3.63) is 83.3 Å². The Hall–Kier alpha value is -4.06. The van der Waals surface area contributed by atoms with Crippen molar-refractivity contribution < 1.29 is 22.8 Å². The van der Waals surface area contributed by atoms with Crippen LogP contribution in [-0.4, -0.2) is 31.6 Å². The minimum atomic E-state index is -4.55. The van der Waals surface area contributed by atoms with Gasteiger partial charge in [-0.1, -0.05) is 12.1 Å². The van der Waals surface area contributed by atoms with Crippen LogP contribution in [0.25, 0.3) is 16.4 Å². The second kappa shape index (κ2) is 8.59. The van der Waals surface area contributed by atoms with Gasteiger partial charge in [-0.25, -0.2) is 9.67 Å². The van der Waals surface area contributed by atoms with Crippen molar-refractivity contribution in [3.8, 4) is 16.4 Å². The normalized spacial score (nSPS) is 11.2. The second-order valence-corrected chi connectivity index (χ2v) is 7.29. The van der Waals surface area contributed by atoms with E-state index in [0.29, 0.717) is 4.88 Å². The lowest BCUT2D eigenvalue weighted by molar-refractivity contribution is -0.137. The Bertz CT molecular complexity index is 1260. The lowest BCUT2D eigenvalue weighted by Crippen LogP contribution is -2.42. The molecule has 0 spiro atoms. The van der Waals surface area contributed by atoms with Crippen LogP contribution in [0.4, 0.5) is 13.2 Å². The Morgan fingerprint density at radius 2 is 1.81 bits per heavy atom. The van der Waals surface area contributed by atoms with Crippen LogP contribution in [0.15, 0.2) is 66.3 Å². The van der Waals surface area contributed by atoms with Gasteiger partial charge in [-0.15, -0.1) is 16.4 Å². The Morgan fingerprint density at radius 1 is 1.00 bits per heavy atom. The summed E-state index contributed by atoms with van der Waals surface area (Å²) in [6.07, 6.45) is -1.74. The highest BCUT2D eigenvalue weighted by atomic mass is 32.1. The van der Waals surface area contributed by atoms with Crippen LogP contribution in [0, 0.1) is 0 Å². The largest absolute Gasteiger partial charge is 0.416 e. The minimum Gasteiger partial charge on any atom is -0.267 e. The van der Waals surface area contributed by atoms with Crippen LogP contribution in [0.2, 0.25) is 0 Å². The third kappa shape index (κ3) is 4.49. The number of carbonyl (C=O) groups is 2. The first-order chi connectivity index (χ1) is 15.3. The molecule has 0 saturated carbocycles. The zero-order valence-electron chi connectivity index (χ0n) is 16.0. The number of thiophene rings is 1. The number of nitrogens with one attached hydrogen (secondary N) is 2. The summed E-state index contributed by atoms with van der Waals surface area (Å²) in [5, 5.41) is 5.84. The van der Waals surface area contributed by atoms with Gasteiger partial charge in [0.1, 0.15) is 0 Å². The third-order valence-electron chi connectivity index (χ3n) is 4.18. The number of carbonyl (C=O) groups excluding carboxylic acids is 2. The van der Waals surface area contributed by atoms with Crippen LogP contribution in [0.3, 0.4) is 0 Å². The SMILES string of the molecule is O=C(NNC(=O)c1nc(-c2cccs2)n(-c2cccc(C(F)(F)F)c2)n1)c1cccnc1. The molecule has 0 aliphatic heterocycles. The average molecular weight is 458 g/mol. The number of pyridine rings is 1. The highest BCUT2D eigenvalue weighted by Crippen LogP contribution is 2.32. The van der Waals surface area contributed by atoms with Gasteiger partial charge >= 0.3 is 12.1 Å². The molecule has 1 aromatic carbocycles. The highest BCUT2D eigenvalue weighted by Gasteiger charge is 2.31. The summed E-state index contributed by atoms with van der Waals surface area (Å²) in [4.78, 5) is 33.2. The standard InChI is InChI=1S/C20H13F3N6O2S/c21-20(22,23)13-5-1-6-14(10-13)29-17(15-7-3-9-32-15)25-16(28-29)19(31)27-26-18(30)12-4-2-8-24-11-12/h1-11H,(H,26,30)(H,27,31). The second-order valence-electron chi connectivity index (χ2n) is 6.35. The Morgan fingerprint density at radius 3 is 2.50 bits per heavy atom. The summed E-state index contributed by atoms with van der Waals surface area (Å²) in [5.41, 5.74) is 3.84. The summed E-state index contributed by atoms with van der Waals surface area (Å²) < 4.78 is 40.6. The number of hydrogen-bond acceptors (Lipinski definition) is 6. The van der Waals surface area contributed by atoms with E-state index in [-0.39, 0.29) is 22.9 Å². The number of aromatic nitrogens is 4.